The third-order valence-electron chi connectivity index (χ3n) is 4.55. The minimum Gasteiger partial charge on any atom is -0.406 e. The van der Waals surface area contributed by atoms with Crippen molar-refractivity contribution < 1.29 is 17.9 Å². The summed E-state index contributed by atoms with van der Waals surface area (Å²) in [7, 11) is 0. The van der Waals surface area contributed by atoms with Gasteiger partial charge in [-0.1, -0.05) is 25.0 Å². The van der Waals surface area contributed by atoms with Crippen LogP contribution in [0.3, 0.4) is 0 Å². The summed E-state index contributed by atoms with van der Waals surface area (Å²) in [5.74, 6) is 0.419. The monoisotopic (exact) mass is 299 g/mol. The van der Waals surface area contributed by atoms with Crippen LogP contribution < -0.4 is 10.1 Å². The lowest BCUT2D eigenvalue weighted by Crippen LogP contribution is -2.43. The first-order valence-electron chi connectivity index (χ1n) is 7.61. The Morgan fingerprint density at radius 2 is 1.95 bits per heavy atom. The van der Waals surface area contributed by atoms with Crippen LogP contribution in [0.2, 0.25) is 0 Å². The van der Waals surface area contributed by atoms with Crippen molar-refractivity contribution in [3.63, 3.8) is 0 Å². The topological polar surface area (TPSA) is 21.3 Å². The second kappa shape index (κ2) is 5.52. The zero-order valence-corrected chi connectivity index (χ0v) is 11.9. The van der Waals surface area contributed by atoms with Crippen LogP contribution in [0.25, 0.3) is 0 Å². The van der Waals surface area contributed by atoms with Gasteiger partial charge in [0.2, 0.25) is 0 Å². The lowest BCUT2D eigenvalue weighted by molar-refractivity contribution is -0.274. The van der Waals surface area contributed by atoms with Gasteiger partial charge in [0, 0.05) is 5.54 Å². The molecule has 0 bridgehead atoms. The summed E-state index contributed by atoms with van der Waals surface area (Å²) in [5.41, 5.74) is 0.773. The molecule has 1 saturated carbocycles. The zero-order valence-electron chi connectivity index (χ0n) is 11.9. The van der Waals surface area contributed by atoms with Crippen molar-refractivity contribution in [2.24, 2.45) is 5.92 Å². The van der Waals surface area contributed by atoms with Gasteiger partial charge in [0.05, 0.1) is 0 Å². The maximum absolute atomic E-state index is 12.4. The van der Waals surface area contributed by atoms with Crippen molar-refractivity contribution in [3.05, 3.63) is 29.8 Å². The van der Waals surface area contributed by atoms with Gasteiger partial charge in [-0.2, -0.15) is 0 Å². The lowest BCUT2D eigenvalue weighted by atomic mass is 9.81. The molecule has 1 aliphatic heterocycles. The average Bonchev–Trinajstić information content (AvgIpc) is 3.24. The standard InChI is InChI=1S/C16H20F3NO/c17-16(18,19)21-14-6-4-5-13(11-14)15(12-7-8-12)9-2-1-3-10-20-15/h4-6,11-12,20H,1-3,7-10H2. The van der Waals surface area contributed by atoms with E-state index < -0.39 is 6.36 Å². The normalized spacial score (nSPS) is 27.2. The van der Waals surface area contributed by atoms with E-state index in [-0.39, 0.29) is 11.3 Å². The van der Waals surface area contributed by atoms with Gasteiger partial charge in [0.1, 0.15) is 5.75 Å². The number of benzene rings is 1. The van der Waals surface area contributed by atoms with Gasteiger partial charge in [0.15, 0.2) is 0 Å². The molecule has 116 valence electrons. The van der Waals surface area contributed by atoms with Gasteiger partial charge in [-0.3, -0.25) is 0 Å². The summed E-state index contributed by atoms with van der Waals surface area (Å²) in [6.07, 6.45) is 2.09. The smallest absolute Gasteiger partial charge is 0.406 e. The van der Waals surface area contributed by atoms with E-state index in [2.05, 4.69) is 10.1 Å². The number of halogens is 3. The van der Waals surface area contributed by atoms with E-state index in [1.165, 1.54) is 12.5 Å². The number of nitrogens with one attached hydrogen (secondary N) is 1. The maximum Gasteiger partial charge on any atom is 0.573 e. The Labute approximate surface area is 122 Å². The van der Waals surface area contributed by atoms with E-state index >= 15 is 0 Å². The summed E-state index contributed by atoms with van der Waals surface area (Å²) in [6.45, 7) is 0.931. The van der Waals surface area contributed by atoms with Crippen LogP contribution in [0, 0.1) is 5.92 Å². The average molecular weight is 299 g/mol. The molecule has 0 amide bonds. The lowest BCUT2D eigenvalue weighted by Gasteiger charge is -2.35. The third-order valence-corrected chi connectivity index (χ3v) is 4.55. The van der Waals surface area contributed by atoms with Crippen LogP contribution in [0.1, 0.15) is 44.1 Å². The maximum atomic E-state index is 12.4. The summed E-state index contributed by atoms with van der Waals surface area (Å²) in [4.78, 5) is 0. The first-order chi connectivity index (χ1) is 10.00. The fourth-order valence-electron chi connectivity index (χ4n) is 3.48. The molecule has 2 aliphatic rings. The molecule has 5 heteroatoms. The molecule has 21 heavy (non-hydrogen) atoms. The van der Waals surface area contributed by atoms with Gasteiger partial charge in [-0.05, 0) is 55.8 Å². The number of hydrogen-bond donors (Lipinski definition) is 1. The molecule has 3 rings (SSSR count). The van der Waals surface area contributed by atoms with Crippen molar-refractivity contribution in [2.45, 2.75) is 50.4 Å². The van der Waals surface area contributed by atoms with Crippen molar-refractivity contribution in [1.29, 1.82) is 0 Å². The first-order valence-corrected chi connectivity index (χ1v) is 7.61. The quantitative estimate of drug-likeness (QED) is 0.895. The Kier molecular flexibility index (Phi) is 3.86. The van der Waals surface area contributed by atoms with Crippen molar-refractivity contribution in [3.8, 4) is 5.75 Å². The van der Waals surface area contributed by atoms with Gasteiger partial charge in [-0.25, -0.2) is 0 Å². The summed E-state index contributed by atoms with van der Waals surface area (Å²) >= 11 is 0. The second-order valence-corrected chi connectivity index (χ2v) is 6.06. The number of alkyl halides is 3. The fraction of sp³-hybridized carbons (Fsp3) is 0.625. The van der Waals surface area contributed by atoms with Gasteiger partial charge in [0.25, 0.3) is 0 Å². The summed E-state index contributed by atoms with van der Waals surface area (Å²) in [5, 5.41) is 3.63. The Morgan fingerprint density at radius 3 is 2.67 bits per heavy atom. The molecule has 0 spiro atoms. The predicted octanol–water partition coefficient (Wildman–Crippen LogP) is 4.35. The van der Waals surface area contributed by atoms with Crippen molar-refractivity contribution in [2.75, 3.05) is 6.54 Å². The van der Waals surface area contributed by atoms with Gasteiger partial charge < -0.3 is 10.1 Å². The number of hydrogen-bond acceptors (Lipinski definition) is 2. The van der Waals surface area contributed by atoms with E-state index in [1.54, 1.807) is 12.1 Å². The molecule has 1 atom stereocenters. The molecule has 1 N–H and O–H groups in total. The van der Waals surface area contributed by atoms with Crippen LogP contribution >= 0.6 is 0 Å². The van der Waals surface area contributed by atoms with E-state index in [0.29, 0.717) is 5.92 Å². The number of ether oxygens (including phenoxy) is 1. The fourth-order valence-corrected chi connectivity index (χ4v) is 3.48. The minimum absolute atomic E-state index is 0.119. The van der Waals surface area contributed by atoms with E-state index in [4.69, 9.17) is 0 Å². The molecular formula is C16H20F3NO. The molecular weight excluding hydrogens is 279 g/mol. The largest absolute Gasteiger partial charge is 0.573 e. The molecule has 2 fully saturated rings. The van der Waals surface area contributed by atoms with Crippen molar-refractivity contribution >= 4 is 0 Å². The van der Waals surface area contributed by atoms with E-state index in [9.17, 15) is 13.2 Å². The molecule has 0 radical (unpaired) electrons. The van der Waals surface area contributed by atoms with E-state index in [1.807, 2.05) is 6.07 Å². The number of rotatable bonds is 3. The molecule has 1 aromatic rings. The summed E-state index contributed by atoms with van der Waals surface area (Å²) < 4.78 is 41.3. The molecule has 1 unspecified atom stereocenters. The SMILES string of the molecule is FC(F)(F)Oc1cccc(C2(C3CC3)CCCCCN2)c1. The Bertz CT molecular complexity index is 489. The van der Waals surface area contributed by atoms with E-state index in [0.717, 1.165) is 44.2 Å². The van der Waals surface area contributed by atoms with Crippen LogP contribution in [-0.4, -0.2) is 12.9 Å². The van der Waals surface area contributed by atoms with Crippen LogP contribution in [0.15, 0.2) is 24.3 Å². The molecule has 1 aliphatic carbocycles. The molecule has 1 heterocycles. The van der Waals surface area contributed by atoms with Gasteiger partial charge >= 0.3 is 6.36 Å². The summed E-state index contributed by atoms with van der Waals surface area (Å²) in [6, 6.07) is 6.52. The third kappa shape index (κ3) is 3.34. The highest BCUT2D eigenvalue weighted by molar-refractivity contribution is 5.35. The van der Waals surface area contributed by atoms with Crippen LogP contribution in [-0.2, 0) is 5.54 Å². The second-order valence-electron chi connectivity index (χ2n) is 6.06. The molecule has 1 saturated heterocycles. The van der Waals surface area contributed by atoms with Gasteiger partial charge in [-0.15, -0.1) is 13.2 Å². The van der Waals surface area contributed by atoms with Crippen LogP contribution in [0.4, 0.5) is 13.2 Å². The van der Waals surface area contributed by atoms with Crippen LogP contribution in [0.5, 0.6) is 5.75 Å². The first kappa shape index (κ1) is 14.7. The molecule has 0 aromatic heterocycles. The molecule has 2 nitrogen and oxygen atoms in total. The Morgan fingerprint density at radius 1 is 1.14 bits per heavy atom. The predicted molar refractivity (Wildman–Crippen MR) is 74.0 cm³/mol. The van der Waals surface area contributed by atoms with Crippen molar-refractivity contribution in [1.82, 2.24) is 5.32 Å². The highest BCUT2D eigenvalue weighted by atomic mass is 19.4. The Balaban J connectivity index is 1.90. The minimum atomic E-state index is -4.64. The highest BCUT2D eigenvalue weighted by Gasteiger charge is 2.46. The zero-order chi connectivity index (χ0) is 14.9. The highest BCUT2D eigenvalue weighted by Crippen LogP contribution is 2.49. The Hall–Kier alpha value is -1.23. The molecule has 1 aromatic carbocycles.